The Labute approximate surface area is 225 Å². The van der Waals surface area contributed by atoms with Crippen molar-refractivity contribution in [1.29, 1.82) is 0 Å². The summed E-state index contributed by atoms with van der Waals surface area (Å²) in [7, 11) is 1.65. The second kappa shape index (κ2) is 14.6. The van der Waals surface area contributed by atoms with Crippen LogP contribution in [0.5, 0.6) is 0 Å². The van der Waals surface area contributed by atoms with Gasteiger partial charge in [0.25, 0.3) is 0 Å². The lowest BCUT2D eigenvalue weighted by Crippen LogP contribution is -2.55. The summed E-state index contributed by atoms with van der Waals surface area (Å²) >= 11 is 0. The maximum atomic E-state index is 13.3. The van der Waals surface area contributed by atoms with E-state index in [9.17, 15) is 37.1 Å². The van der Waals surface area contributed by atoms with E-state index in [1.54, 1.807) is 26.1 Å². The lowest BCUT2D eigenvalue weighted by Gasteiger charge is -2.29. The van der Waals surface area contributed by atoms with Crippen LogP contribution in [-0.4, -0.2) is 72.2 Å². The van der Waals surface area contributed by atoms with Crippen molar-refractivity contribution in [3.63, 3.8) is 0 Å². The molecule has 0 radical (unpaired) electrons. The summed E-state index contributed by atoms with van der Waals surface area (Å²) in [6.07, 6.45) is -3.31. The highest BCUT2D eigenvalue weighted by Crippen LogP contribution is 2.21. The molecule has 2 rings (SSSR count). The van der Waals surface area contributed by atoms with Gasteiger partial charge in [0.15, 0.2) is 0 Å². The molecule has 3 atom stereocenters. The van der Waals surface area contributed by atoms with E-state index in [2.05, 4.69) is 21.3 Å². The molecule has 1 aromatic rings. The van der Waals surface area contributed by atoms with E-state index >= 15 is 0 Å². The molecule has 10 nitrogen and oxygen atoms in total. The van der Waals surface area contributed by atoms with Crippen LogP contribution in [0.3, 0.4) is 0 Å². The van der Waals surface area contributed by atoms with Crippen LogP contribution in [0.4, 0.5) is 18.9 Å². The van der Waals surface area contributed by atoms with Crippen LogP contribution in [0.1, 0.15) is 57.9 Å². The first kappa shape index (κ1) is 31.7. The van der Waals surface area contributed by atoms with Crippen molar-refractivity contribution >= 4 is 35.1 Å². The summed E-state index contributed by atoms with van der Waals surface area (Å²) in [5, 5.41) is 10.6. The monoisotopic (exact) mass is 555 g/mol. The number of ketones is 1. The Morgan fingerprint density at radius 2 is 1.87 bits per heavy atom. The molecular weight excluding hydrogens is 519 g/mol. The summed E-state index contributed by atoms with van der Waals surface area (Å²) < 4.78 is 37.1. The Morgan fingerprint density at radius 1 is 1.15 bits per heavy atom. The molecule has 1 aromatic carbocycles. The zero-order chi connectivity index (χ0) is 29.2. The zero-order valence-electron chi connectivity index (χ0n) is 22.3. The third kappa shape index (κ3) is 9.65. The molecule has 39 heavy (non-hydrogen) atoms. The minimum atomic E-state index is -5.09. The van der Waals surface area contributed by atoms with Crippen molar-refractivity contribution in [2.45, 2.75) is 83.2 Å². The van der Waals surface area contributed by atoms with Crippen molar-refractivity contribution in [2.24, 2.45) is 0 Å². The van der Waals surface area contributed by atoms with Gasteiger partial charge < -0.3 is 26.2 Å². The molecule has 0 spiro atoms. The number of anilines is 1. The van der Waals surface area contributed by atoms with Gasteiger partial charge in [-0.25, -0.2) is 0 Å². The van der Waals surface area contributed by atoms with Gasteiger partial charge in [0.1, 0.15) is 12.1 Å². The Bertz CT molecular complexity index is 1050. The van der Waals surface area contributed by atoms with Crippen molar-refractivity contribution < 1.29 is 37.1 Å². The van der Waals surface area contributed by atoms with Gasteiger partial charge in [-0.1, -0.05) is 31.9 Å². The molecule has 0 aliphatic carbocycles. The van der Waals surface area contributed by atoms with Crippen LogP contribution in [0.15, 0.2) is 24.3 Å². The second-order valence-corrected chi connectivity index (χ2v) is 9.47. The predicted octanol–water partition coefficient (Wildman–Crippen LogP) is 2.04. The number of likely N-dealkylation sites (N-methyl/N-ethyl adjacent to an activating group) is 1. The number of halogens is 3. The molecule has 0 unspecified atom stereocenters. The highest BCUT2D eigenvalue weighted by atomic mass is 19.4. The largest absolute Gasteiger partial charge is 0.450 e. The maximum Gasteiger partial charge on any atom is 0.450 e. The molecule has 1 heterocycles. The van der Waals surface area contributed by atoms with Gasteiger partial charge in [-0.15, -0.1) is 0 Å². The summed E-state index contributed by atoms with van der Waals surface area (Å²) in [6, 6.07) is 4.16. The van der Waals surface area contributed by atoms with E-state index in [0.29, 0.717) is 31.4 Å². The number of carbonyl (C=O) groups excluding carboxylic acids is 5. The van der Waals surface area contributed by atoms with Gasteiger partial charge in [0, 0.05) is 18.8 Å². The third-order valence-corrected chi connectivity index (χ3v) is 6.44. The number of unbranched alkanes of at least 4 members (excludes halogenated alkanes) is 1. The Morgan fingerprint density at radius 3 is 2.51 bits per heavy atom. The van der Waals surface area contributed by atoms with Crippen molar-refractivity contribution in [3.8, 4) is 0 Å². The van der Waals surface area contributed by atoms with Crippen LogP contribution in [0.2, 0.25) is 0 Å². The van der Waals surface area contributed by atoms with E-state index in [1.165, 1.54) is 17.0 Å². The first-order valence-electron chi connectivity index (χ1n) is 12.9. The summed E-state index contributed by atoms with van der Waals surface area (Å²) in [4.78, 5) is 63.1. The summed E-state index contributed by atoms with van der Waals surface area (Å²) in [5.74, 6) is -4.24. The number of nitrogens with zero attached hydrogens (tertiary/aromatic N) is 1. The zero-order valence-corrected chi connectivity index (χ0v) is 22.3. The van der Waals surface area contributed by atoms with Crippen LogP contribution < -0.4 is 21.3 Å². The number of hydrogen-bond acceptors (Lipinski definition) is 6. The minimum absolute atomic E-state index is 0.0399. The van der Waals surface area contributed by atoms with E-state index in [1.807, 2.05) is 6.92 Å². The fourth-order valence-corrected chi connectivity index (χ4v) is 4.11. The maximum absolute atomic E-state index is 13.3. The molecule has 4 N–H and O–H groups in total. The van der Waals surface area contributed by atoms with Gasteiger partial charge in [-0.3, -0.25) is 24.0 Å². The molecule has 1 aliphatic heterocycles. The first-order chi connectivity index (χ1) is 18.4. The van der Waals surface area contributed by atoms with Gasteiger partial charge in [0.05, 0.1) is 12.5 Å². The standard InChI is InChI=1S/C26H36F3N5O5/c1-4-5-10-19(33-23(37)16(2)30-3)25(39)34-12-7-11-20(34)24(38)31-15-17-8-6-9-18(13-17)32-22(36)14-21(35)26(27,28)29/h6,8-9,13,16,19-20,30H,4-5,7,10-12,14-15H2,1-3H3,(H,31,38)(H,32,36)(H,33,37)/t16-,19-,20-/m0/s1. The molecule has 0 aromatic heterocycles. The number of likely N-dealkylation sites (tertiary alicyclic amines) is 1. The predicted molar refractivity (Wildman–Crippen MR) is 137 cm³/mol. The Kier molecular flexibility index (Phi) is 11.9. The van der Waals surface area contributed by atoms with E-state index in [0.717, 1.165) is 12.8 Å². The van der Waals surface area contributed by atoms with Gasteiger partial charge in [0.2, 0.25) is 29.4 Å². The van der Waals surface area contributed by atoms with Gasteiger partial charge >= 0.3 is 6.18 Å². The molecule has 0 bridgehead atoms. The number of amides is 4. The van der Waals surface area contributed by atoms with E-state index in [-0.39, 0.29) is 30.0 Å². The van der Waals surface area contributed by atoms with Crippen LogP contribution in [-0.2, 0) is 30.5 Å². The highest BCUT2D eigenvalue weighted by molar-refractivity contribution is 6.06. The fraction of sp³-hybridized carbons (Fsp3) is 0.577. The lowest BCUT2D eigenvalue weighted by molar-refractivity contribution is -0.171. The van der Waals surface area contributed by atoms with Crippen LogP contribution >= 0.6 is 0 Å². The minimum Gasteiger partial charge on any atom is -0.350 e. The molecule has 216 valence electrons. The number of alkyl halides is 3. The summed E-state index contributed by atoms with van der Waals surface area (Å²) in [5.41, 5.74) is 0.720. The fourth-order valence-electron chi connectivity index (χ4n) is 4.11. The van der Waals surface area contributed by atoms with Crippen molar-refractivity contribution in [3.05, 3.63) is 29.8 Å². The number of hydrogen-bond donors (Lipinski definition) is 4. The molecule has 13 heteroatoms. The second-order valence-electron chi connectivity index (χ2n) is 9.47. The normalized spacial score (nSPS) is 16.8. The summed E-state index contributed by atoms with van der Waals surface area (Å²) in [6.45, 7) is 4.09. The van der Waals surface area contributed by atoms with Crippen molar-refractivity contribution in [2.75, 3.05) is 18.9 Å². The van der Waals surface area contributed by atoms with E-state index < -0.39 is 42.4 Å². The van der Waals surface area contributed by atoms with Crippen molar-refractivity contribution in [1.82, 2.24) is 20.9 Å². The van der Waals surface area contributed by atoms with E-state index in [4.69, 9.17) is 0 Å². The molecule has 1 aliphatic rings. The number of benzene rings is 1. The lowest BCUT2D eigenvalue weighted by atomic mass is 10.1. The molecule has 1 fully saturated rings. The van der Waals surface area contributed by atoms with Crippen LogP contribution in [0.25, 0.3) is 0 Å². The molecular formula is C26H36F3N5O5. The topological polar surface area (TPSA) is 137 Å². The number of nitrogens with one attached hydrogen (secondary N) is 4. The molecule has 1 saturated heterocycles. The molecule has 4 amide bonds. The number of Topliss-reactive ketones (excluding diaryl/α,β-unsaturated/α-hetero) is 1. The van der Waals surface area contributed by atoms with Gasteiger partial charge in [-0.2, -0.15) is 13.2 Å². The first-order valence-corrected chi connectivity index (χ1v) is 12.9. The molecule has 0 saturated carbocycles. The number of carbonyl (C=O) groups is 5. The van der Waals surface area contributed by atoms with Gasteiger partial charge in [-0.05, 0) is 50.9 Å². The van der Waals surface area contributed by atoms with Crippen LogP contribution in [0, 0.1) is 0 Å². The average Bonchev–Trinajstić information content (AvgIpc) is 3.38. The number of rotatable bonds is 13. The SMILES string of the molecule is CCCC[C@H](NC(=O)[C@H](C)NC)C(=O)N1CCC[C@H]1C(=O)NCc1cccc(NC(=O)CC(=O)C(F)(F)F)c1. The quantitative estimate of drug-likeness (QED) is 0.275. The highest BCUT2D eigenvalue weighted by Gasteiger charge is 2.39. The average molecular weight is 556 g/mol. The third-order valence-electron chi connectivity index (χ3n) is 6.44. The smallest absolute Gasteiger partial charge is 0.350 e. The Balaban J connectivity index is 2.00. The Hall–Kier alpha value is -3.48.